The molecule has 0 aliphatic carbocycles. The van der Waals surface area contributed by atoms with Crippen LogP contribution in [0.15, 0.2) is 18.2 Å². The lowest BCUT2D eigenvalue weighted by Gasteiger charge is -2.19. The lowest BCUT2D eigenvalue weighted by molar-refractivity contribution is -0.127. The SMILES string of the molecule is CNC(=O)NC(=O)[C@H](C)OC(=O)c1ccc2c(c1)OCCO2. The molecule has 0 spiro atoms. The fraction of sp³-hybridized carbons (Fsp3) is 0.357. The van der Waals surface area contributed by atoms with Gasteiger partial charge in [-0.2, -0.15) is 0 Å². The van der Waals surface area contributed by atoms with Gasteiger partial charge in [0.15, 0.2) is 17.6 Å². The molecule has 8 heteroatoms. The number of carbonyl (C=O) groups excluding carboxylic acids is 3. The van der Waals surface area contributed by atoms with Crippen LogP contribution < -0.4 is 20.1 Å². The predicted molar refractivity (Wildman–Crippen MR) is 74.9 cm³/mol. The van der Waals surface area contributed by atoms with E-state index in [0.29, 0.717) is 24.7 Å². The topological polar surface area (TPSA) is 103 Å². The zero-order chi connectivity index (χ0) is 16.1. The van der Waals surface area contributed by atoms with Crippen LogP contribution in [0.5, 0.6) is 11.5 Å². The van der Waals surface area contributed by atoms with Crippen molar-refractivity contribution in [2.75, 3.05) is 20.3 Å². The van der Waals surface area contributed by atoms with E-state index in [9.17, 15) is 14.4 Å². The Labute approximate surface area is 126 Å². The Bertz CT molecular complexity index is 601. The smallest absolute Gasteiger partial charge is 0.339 e. The minimum atomic E-state index is -1.11. The van der Waals surface area contributed by atoms with Gasteiger partial charge >= 0.3 is 12.0 Å². The van der Waals surface area contributed by atoms with Crippen LogP contribution in [0.3, 0.4) is 0 Å². The molecule has 1 aliphatic rings. The highest BCUT2D eigenvalue weighted by atomic mass is 16.6. The molecule has 0 bridgehead atoms. The summed E-state index contributed by atoms with van der Waals surface area (Å²) in [5.74, 6) is -0.418. The van der Waals surface area contributed by atoms with Gasteiger partial charge in [-0.15, -0.1) is 0 Å². The number of carbonyl (C=O) groups is 3. The van der Waals surface area contributed by atoms with Crippen LogP contribution in [0, 0.1) is 0 Å². The molecule has 8 nitrogen and oxygen atoms in total. The summed E-state index contributed by atoms with van der Waals surface area (Å²) < 4.78 is 15.7. The van der Waals surface area contributed by atoms with Crippen LogP contribution in [0.1, 0.15) is 17.3 Å². The van der Waals surface area contributed by atoms with Crippen LogP contribution in [-0.2, 0) is 9.53 Å². The highest BCUT2D eigenvalue weighted by Gasteiger charge is 2.22. The van der Waals surface area contributed by atoms with Crippen molar-refractivity contribution in [3.63, 3.8) is 0 Å². The molecule has 118 valence electrons. The number of rotatable bonds is 3. The first-order valence-corrected chi connectivity index (χ1v) is 6.64. The molecule has 1 aliphatic heterocycles. The molecule has 1 aromatic rings. The quantitative estimate of drug-likeness (QED) is 0.786. The molecule has 0 saturated carbocycles. The van der Waals surface area contributed by atoms with E-state index >= 15 is 0 Å². The molecule has 22 heavy (non-hydrogen) atoms. The zero-order valence-electron chi connectivity index (χ0n) is 12.2. The third-order valence-corrected chi connectivity index (χ3v) is 2.89. The van der Waals surface area contributed by atoms with Crippen molar-refractivity contribution in [1.29, 1.82) is 0 Å². The molecule has 3 amide bonds. The number of hydrogen-bond donors (Lipinski definition) is 2. The third kappa shape index (κ3) is 3.66. The third-order valence-electron chi connectivity index (χ3n) is 2.89. The minimum Gasteiger partial charge on any atom is -0.486 e. The van der Waals surface area contributed by atoms with Gasteiger partial charge in [0, 0.05) is 7.05 Å². The number of amides is 3. The van der Waals surface area contributed by atoms with Crippen molar-refractivity contribution >= 4 is 17.9 Å². The van der Waals surface area contributed by atoms with Gasteiger partial charge in [-0.3, -0.25) is 10.1 Å². The number of hydrogen-bond acceptors (Lipinski definition) is 6. The highest BCUT2D eigenvalue weighted by Crippen LogP contribution is 2.30. The summed E-state index contributed by atoms with van der Waals surface area (Å²) >= 11 is 0. The second-order valence-corrected chi connectivity index (χ2v) is 4.47. The van der Waals surface area contributed by atoms with E-state index in [1.807, 2.05) is 5.32 Å². The standard InChI is InChI=1S/C14H16N2O6/c1-8(12(17)16-14(19)15-2)22-13(18)9-3-4-10-11(7-9)21-6-5-20-10/h3-4,7-8H,5-6H2,1-2H3,(H2,15,16,17,19)/t8-/m0/s1. The zero-order valence-corrected chi connectivity index (χ0v) is 12.2. The first-order valence-electron chi connectivity index (χ1n) is 6.64. The van der Waals surface area contributed by atoms with E-state index in [4.69, 9.17) is 14.2 Å². The summed E-state index contributed by atoms with van der Waals surface area (Å²) in [7, 11) is 1.37. The van der Waals surface area contributed by atoms with Gasteiger partial charge < -0.3 is 19.5 Å². The normalized spacial score (nSPS) is 13.7. The van der Waals surface area contributed by atoms with Crippen molar-refractivity contribution in [1.82, 2.24) is 10.6 Å². The van der Waals surface area contributed by atoms with E-state index < -0.39 is 24.0 Å². The maximum absolute atomic E-state index is 12.0. The number of urea groups is 1. The summed E-state index contributed by atoms with van der Waals surface area (Å²) in [6, 6.07) is 3.92. The number of esters is 1. The number of nitrogens with one attached hydrogen (secondary N) is 2. The molecule has 0 aromatic heterocycles. The van der Waals surface area contributed by atoms with Gasteiger partial charge in [-0.05, 0) is 25.1 Å². The average molecular weight is 308 g/mol. The first kappa shape index (κ1) is 15.6. The number of fused-ring (bicyclic) bond motifs is 1. The summed E-state index contributed by atoms with van der Waals surface area (Å²) in [5.41, 5.74) is 0.226. The average Bonchev–Trinajstić information content (AvgIpc) is 2.53. The largest absolute Gasteiger partial charge is 0.486 e. The fourth-order valence-corrected chi connectivity index (χ4v) is 1.73. The van der Waals surface area contributed by atoms with Crippen LogP contribution in [-0.4, -0.2) is 44.3 Å². The Hall–Kier alpha value is -2.77. The van der Waals surface area contributed by atoms with Crippen LogP contribution in [0.25, 0.3) is 0 Å². The van der Waals surface area contributed by atoms with E-state index in [1.54, 1.807) is 6.07 Å². The maximum Gasteiger partial charge on any atom is 0.339 e. The number of benzene rings is 1. The van der Waals surface area contributed by atoms with Gasteiger partial charge in [0.05, 0.1) is 5.56 Å². The molecule has 1 heterocycles. The second kappa shape index (κ2) is 6.79. The van der Waals surface area contributed by atoms with E-state index in [2.05, 4.69) is 5.32 Å². The lowest BCUT2D eigenvalue weighted by atomic mass is 10.2. The highest BCUT2D eigenvalue weighted by molar-refractivity contribution is 5.98. The van der Waals surface area contributed by atoms with Gasteiger partial charge in [-0.25, -0.2) is 9.59 Å². The summed E-state index contributed by atoms with van der Waals surface area (Å²) in [4.78, 5) is 34.6. The van der Waals surface area contributed by atoms with E-state index in [0.717, 1.165) is 0 Å². The lowest BCUT2D eigenvalue weighted by Crippen LogP contribution is -2.43. The Balaban J connectivity index is 1.99. The van der Waals surface area contributed by atoms with Gasteiger partial charge in [0.2, 0.25) is 0 Å². The molecular formula is C14H16N2O6. The van der Waals surface area contributed by atoms with Gasteiger partial charge in [0.25, 0.3) is 5.91 Å². The Morgan fingerprint density at radius 1 is 1.18 bits per heavy atom. The van der Waals surface area contributed by atoms with Crippen LogP contribution >= 0.6 is 0 Å². The molecule has 1 aromatic carbocycles. The van der Waals surface area contributed by atoms with Crippen molar-refractivity contribution < 1.29 is 28.6 Å². The van der Waals surface area contributed by atoms with E-state index in [-0.39, 0.29) is 5.56 Å². The van der Waals surface area contributed by atoms with Crippen LogP contribution in [0.4, 0.5) is 4.79 Å². The molecule has 1 atom stereocenters. The molecule has 0 radical (unpaired) electrons. The van der Waals surface area contributed by atoms with Gasteiger partial charge in [0.1, 0.15) is 13.2 Å². The summed E-state index contributed by atoms with van der Waals surface area (Å²) in [6.45, 7) is 2.22. The predicted octanol–water partition coefficient (Wildman–Crippen LogP) is 0.459. The number of imide groups is 1. The first-order chi connectivity index (χ1) is 10.5. The molecule has 2 N–H and O–H groups in total. The van der Waals surface area contributed by atoms with Gasteiger partial charge in [-0.1, -0.05) is 0 Å². The van der Waals surface area contributed by atoms with E-state index in [1.165, 1.54) is 26.1 Å². The molecule has 0 unspecified atom stereocenters. The number of ether oxygens (including phenoxy) is 3. The molecule has 0 saturated heterocycles. The maximum atomic E-state index is 12.0. The van der Waals surface area contributed by atoms with Crippen molar-refractivity contribution in [3.8, 4) is 11.5 Å². The summed E-state index contributed by atoms with van der Waals surface area (Å²) in [5, 5.41) is 4.25. The fourth-order valence-electron chi connectivity index (χ4n) is 1.73. The monoisotopic (exact) mass is 308 g/mol. The minimum absolute atomic E-state index is 0.226. The molecule has 2 rings (SSSR count). The Morgan fingerprint density at radius 2 is 1.86 bits per heavy atom. The Kier molecular flexibility index (Phi) is 4.82. The Morgan fingerprint density at radius 3 is 2.55 bits per heavy atom. The summed E-state index contributed by atoms with van der Waals surface area (Å²) in [6.07, 6.45) is -1.11. The molecular weight excluding hydrogens is 292 g/mol. The van der Waals surface area contributed by atoms with Crippen molar-refractivity contribution in [2.45, 2.75) is 13.0 Å². The molecule has 0 fully saturated rings. The van der Waals surface area contributed by atoms with Crippen molar-refractivity contribution in [3.05, 3.63) is 23.8 Å². The van der Waals surface area contributed by atoms with Crippen LogP contribution in [0.2, 0.25) is 0 Å². The second-order valence-electron chi connectivity index (χ2n) is 4.47. The van der Waals surface area contributed by atoms with Crippen molar-refractivity contribution in [2.24, 2.45) is 0 Å².